The van der Waals surface area contributed by atoms with Crippen molar-refractivity contribution in [2.45, 2.75) is 26.2 Å². The first-order valence-corrected chi connectivity index (χ1v) is 5.85. The third-order valence-electron chi connectivity index (χ3n) is 2.27. The fourth-order valence-corrected chi connectivity index (χ4v) is 1.94. The van der Waals surface area contributed by atoms with Crippen LogP contribution in [0.1, 0.15) is 35.7 Å². The number of aryl methyl sites for hydroxylation is 1. The highest BCUT2D eigenvalue weighted by atomic mass is 79.9. The predicted octanol–water partition coefficient (Wildman–Crippen LogP) is 3.58. The lowest BCUT2D eigenvalue weighted by Crippen LogP contribution is -2.01. The van der Waals surface area contributed by atoms with E-state index in [1.807, 2.05) is 18.2 Å². The van der Waals surface area contributed by atoms with Gasteiger partial charge in [-0.05, 0) is 30.5 Å². The van der Waals surface area contributed by atoms with Crippen molar-refractivity contribution in [3.05, 3.63) is 33.8 Å². The van der Waals surface area contributed by atoms with Gasteiger partial charge in [-0.15, -0.1) is 0 Å². The van der Waals surface area contributed by atoms with E-state index in [0.29, 0.717) is 5.56 Å². The number of carbonyl (C=O) groups is 1. The Morgan fingerprint density at radius 1 is 1.47 bits per heavy atom. The molecule has 0 aliphatic carbocycles. The number of carbonyl (C=O) groups excluding carboxylic acids is 1. The molecule has 0 N–H and O–H groups in total. The van der Waals surface area contributed by atoms with E-state index >= 15 is 0 Å². The van der Waals surface area contributed by atoms with E-state index in [1.165, 1.54) is 19.1 Å². The molecule has 0 saturated heterocycles. The van der Waals surface area contributed by atoms with Gasteiger partial charge in [-0.3, -0.25) is 0 Å². The van der Waals surface area contributed by atoms with Crippen LogP contribution < -0.4 is 0 Å². The maximum absolute atomic E-state index is 11.2. The third kappa shape index (κ3) is 3.34. The molecular weight excluding hydrogens is 256 g/mol. The van der Waals surface area contributed by atoms with Crippen LogP contribution in [0, 0.1) is 0 Å². The second-order valence-electron chi connectivity index (χ2n) is 3.40. The summed E-state index contributed by atoms with van der Waals surface area (Å²) >= 11 is 3.47. The fraction of sp³-hybridized carbons (Fsp3) is 0.417. The molecule has 1 rings (SSSR count). The van der Waals surface area contributed by atoms with Crippen LogP contribution in [0.15, 0.2) is 22.7 Å². The van der Waals surface area contributed by atoms with E-state index in [2.05, 4.69) is 27.6 Å². The van der Waals surface area contributed by atoms with E-state index in [-0.39, 0.29) is 5.97 Å². The first-order chi connectivity index (χ1) is 7.19. The average molecular weight is 271 g/mol. The van der Waals surface area contributed by atoms with Gasteiger partial charge in [0.1, 0.15) is 0 Å². The molecule has 0 unspecified atom stereocenters. The number of hydrogen-bond acceptors (Lipinski definition) is 2. The van der Waals surface area contributed by atoms with Crippen LogP contribution in [-0.4, -0.2) is 13.1 Å². The van der Waals surface area contributed by atoms with Crippen LogP contribution in [0.4, 0.5) is 0 Å². The van der Waals surface area contributed by atoms with Crippen LogP contribution in [-0.2, 0) is 11.2 Å². The zero-order valence-electron chi connectivity index (χ0n) is 9.05. The molecule has 82 valence electrons. The lowest BCUT2D eigenvalue weighted by atomic mass is 10.1. The molecule has 2 nitrogen and oxygen atoms in total. The Bertz CT molecular complexity index is 347. The van der Waals surface area contributed by atoms with Gasteiger partial charge in [0.2, 0.25) is 0 Å². The molecule has 0 aliphatic rings. The number of unbranched alkanes of at least 4 members (excludes halogenated alkanes) is 1. The summed E-state index contributed by atoms with van der Waals surface area (Å²) in [5.74, 6) is -0.294. The van der Waals surface area contributed by atoms with Gasteiger partial charge < -0.3 is 4.74 Å². The molecule has 0 atom stereocenters. The van der Waals surface area contributed by atoms with Gasteiger partial charge in [-0.2, -0.15) is 0 Å². The van der Waals surface area contributed by atoms with Crippen molar-refractivity contribution in [1.82, 2.24) is 0 Å². The summed E-state index contributed by atoms with van der Waals surface area (Å²) in [6.45, 7) is 2.16. The van der Waals surface area contributed by atoms with Crippen molar-refractivity contribution >= 4 is 21.9 Å². The molecule has 0 bridgehead atoms. The summed E-state index contributed by atoms with van der Waals surface area (Å²) < 4.78 is 5.64. The summed E-state index contributed by atoms with van der Waals surface area (Å²) in [6, 6.07) is 5.60. The highest BCUT2D eigenvalue weighted by molar-refractivity contribution is 9.10. The van der Waals surface area contributed by atoms with Gasteiger partial charge in [0, 0.05) is 4.47 Å². The van der Waals surface area contributed by atoms with Crippen molar-refractivity contribution in [3.8, 4) is 0 Å². The topological polar surface area (TPSA) is 26.3 Å². The van der Waals surface area contributed by atoms with E-state index in [1.54, 1.807) is 0 Å². The number of hydrogen-bond donors (Lipinski definition) is 0. The molecule has 0 aromatic heterocycles. The van der Waals surface area contributed by atoms with E-state index in [0.717, 1.165) is 17.3 Å². The first-order valence-electron chi connectivity index (χ1n) is 5.05. The molecule has 1 aromatic rings. The van der Waals surface area contributed by atoms with Crippen molar-refractivity contribution in [1.29, 1.82) is 0 Å². The van der Waals surface area contributed by atoms with Crippen LogP contribution >= 0.6 is 15.9 Å². The van der Waals surface area contributed by atoms with Crippen LogP contribution in [0.5, 0.6) is 0 Å². The summed E-state index contributed by atoms with van der Waals surface area (Å²) in [5, 5.41) is 0. The Balaban J connectivity index is 2.83. The van der Waals surface area contributed by atoms with Crippen molar-refractivity contribution in [2.75, 3.05) is 7.11 Å². The Morgan fingerprint density at radius 2 is 2.20 bits per heavy atom. The maximum atomic E-state index is 11.2. The maximum Gasteiger partial charge on any atom is 0.337 e. The molecule has 3 heteroatoms. The highest BCUT2D eigenvalue weighted by Crippen LogP contribution is 2.20. The molecule has 0 radical (unpaired) electrons. The van der Waals surface area contributed by atoms with Gasteiger partial charge in [0.05, 0.1) is 12.7 Å². The molecular formula is C12H15BrO2. The second-order valence-corrected chi connectivity index (χ2v) is 4.26. The molecule has 0 fully saturated rings. The minimum atomic E-state index is -0.294. The standard InChI is InChI=1S/C12H15BrO2/c1-3-4-5-9-6-7-10(8-11(9)13)12(14)15-2/h6-8H,3-5H2,1-2H3. The number of methoxy groups -OCH3 is 1. The van der Waals surface area contributed by atoms with Crippen molar-refractivity contribution < 1.29 is 9.53 Å². The molecule has 0 spiro atoms. The van der Waals surface area contributed by atoms with Gasteiger partial charge in [0.15, 0.2) is 0 Å². The summed E-state index contributed by atoms with van der Waals surface area (Å²) in [6.07, 6.45) is 3.37. The van der Waals surface area contributed by atoms with Gasteiger partial charge in [-0.1, -0.05) is 35.3 Å². The van der Waals surface area contributed by atoms with Crippen LogP contribution in [0.25, 0.3) is 0 Å². The van der Waals surface area contributed by atoms with E-state index in [4.69, 9.17) is 0 Å². The minimum Gasteiger partial charge on any atom is -0.465 e. The SMILES string of the molecule is CCCCc1ccc(C(=O)OC)cc1Br. The largest absolute Gasteiger partial charge is 0.465 e. The Labute approximate surface area is 98.8 Å². The molecule has 0 amide bonds. The number of ether oxygens (including phenoxy) is 1. The minimum absolute atomic E-state index is 0.294. The fourth-order valence-electron chi connectivity index (χ4n) is 1.36. The summed E-state index contributed by atoms with van der Waals surface area (Å²) in [7, 11) is 1.39. The second kappa shape index (κ2) is 5.91. The summed E-state index contributed by atoms with van der Waals surface area (Å²) in [4.78, 5) is 11.2. The Morgan fingerprint density at radius 3 is 2.73 bits per heavy atom. The smallest absolute Gasteiger partial charge is 0.337 e. The average Bonchev–Trinajstić information content (AvgIpc) is 2.26. The quantitative estimate of drug-likeness (QED) is 0.782. The zero-order valence-corrected chi connectivity index (χ0v) is 10.6. The van der Waals surface area contributed by atoms with E-state index in [9.17, 15) is 4.79 Å². The number of halogens is 1. The lowest BCUT2D eigenvalue weighted by Gasteiger charge is -2.05. The van der Waals surface area contributed by atoms with Gasteiger partial charge in [0.25, 0.3) is 0 Å². The number of esters is 1. The lowest BCUT2D eigenvalue weighted by molar-refractivity contribution is 0.0600. The molecule has 0 saturated carbocycles. The molecule has 0 heterocycles. The van der Waals surface area contributed by atoms with Gasteiger partial charge >= 0.3 is 5.97 Å². The Kier molecular flexibility index (Phi) is 4.82. The third-order valence-corrected chi connectivity index (χ3v) is 3.01. The number of rotatable bonds is 4. The summed E-state index contributed by atoms with van der Waals surface area (Å²) in [5.41, 5.74) is 1.83. The van der Waals surface area contributed by atoms with Gasteiger partial charge in [-0.25, -0.2) is 4.79 Å². The van der Waals surface area contributed by atoms with E-state index < -0.39 is 0 Å². The predicted molar refractivity (Wildman–Crippen MR) is 64.1 cm³/mol. The first kappa shape index (κ1) is 12.2. The molecule has 15 heavy (non-hydrogen) atoms. The van der Waals surface area contributed by atoms with Crippen molar-refractivity contribution in [2.24, 2.45) is 0 Å². The monoisotopic (exact) mass is 270 g/mol. The molecule has 0 aliphatic heterocycles. The van der Waals surface area contributed by atoms with Crippen molar-refractivity contribution in [3.63, 3.8) is 0 Å². The van der Waals surface area contributed by atoms with Crippen LogP contribution in [0.2, 0.25) is 0 Å². The number of benzene rings is 1. The highest BCUT2D eigenvalue weighted by Gasteiger charge is 2.07. The van der Waals surface area contributed by atoms with Crippen LogP contribution in [0.3, 0.4) is 0 Å². The molecule has 1 aromatic carbocycles. The zero-order chi connectivity index (χ0) is 11.3. The Hall–Kier alpha value is -0.830. The normalized spacial score (nSPS) is 10.1.